The van der Waals surface area contributed by atoms with Gasteiger partial charge in [-0.1, -0.05) is 47.6 Å². The number of hydrogen-bond donors (Lipinski definition) is 0. The number of halogens is 3. The third-order valence-electron chi connectivity index (χ3n) is 6.36. The molecule has 4 heterocycles. The van der Waals surface area contributed by atoms with Gasteiger partial charge in [0.2, 0.25) is 5.89 Å². The van der Waals surface area contributed by atoms with Gasteiger partial charge in [0.15, 0.2) is 0 Å². The van der Waals surface area contributed by atoms with Crippen LogP contribution >= 0.6 is 0 Å². The van der Waals surface area contributed by atoms with Crippen LogP contribution in [0.1, 0.15) is 44.6 Å². The van der Waals surface area contributed by atoms with Crippen LogP contribution in [0.25, 0.3) is 55.9 Å². The summed E-state index contributed by atoms with van der Waals surface area (Å²) in [5.41, 5.74) is 1.96. The Bertz CT molecular complexity index is 2470. The van der Waals surface area contributed by atoms with Crippen molar-refractivity contribution in [3.63, 3.8) is 0 Å². The zero-order valence-electron chi connectivity index (χ0n) is 34.6. The van der Waals surface area contributed by atoms with Crippen molar-refractivity contribution in [2.75, 3.05) is 0 Å². The number of fused-ring (bicyclic) bond motifs is 3. The molecule has 7 rings (SSSR count). The van der Waals surface area contributed by atoms with Crippen molar-refractivity contribution >= 4 is 21.9 Å². The van der Waals surface area contributed by atoms with E-state index in [1.165, 1.54) is 42.6 Å². The molecule has 4 aromatic heterocycles. The van der Waals surface area contributed by atoms with Crippen LogP contribution in [0.3, 0.4) is 0 Å². The van der Waals surface area contributed by atoms with E-state index < -0.39 is 39.5 Å². The first-order chi connectivity index (χ1) is 25.9. The summed E-state index contributed by atoms with van der Waals surface area (Å²) in [6, 6.07) is 22.4. The molecule has 6 nitrogen and oxygen atoms in total. The van der Waals surface area contributed by atoms with Gasteiger partial charge in [-0.25, -0.2) is 0 Å². The normalized spacial score (nSPS) is 16.3. The molecule has 0 saturated heterocycles. The fourth-order valence-corrected chi connectivity index (χ4v) is 4.25. The van der Waals surface area contributed by atoms with Crippen molar-refractivity contribution in [1.29, 1.82) is 0 Å². The Morgan fingerprint density at radius 3 is 2.27 bits per heavy atom. The Balaban J connectivity index is 0.000000251. The van der Waals surface area contributed by atoms with Gasteiger partial charge in [0, 0.05) is 59.9 Å². The fraction of sp³-hybridized carbons (Fsp3) is 0.143. The summed E-state index contributed by atoms with van der Waals surface area (Å²) in [4.78, 5) is 8.24. The average Bonchev–Trinajstić information content (AvgIpc) is 3.76. The minimum Gasteiger partial charge on any atom is -0.501 e. The topological polar surface area (TPSA) is 77.8 Å². The smallest absolute Gasteiger partial charge is 0.470 e. The van der Waals surface area contributed by atoms with Gasteiger partial charge in [-0.05, 0) is 55.2 Å². The number of rotatable bonds is 3. The molecule has 1 radical (unpaired) electrons. The molecule has 0 N–H and O–H groups in total. The van der Waals surface area contributed by atoms with E-state index in [-0.39, 0.29) is 76.2 Å². The molecule has 0 spiro atoms. The van der Waals surface area contributed by atoms with Crippen molar-refractivity contribution in [2.45, 2.75) is 33.6 Å². The predicted octanol–water partition coefficient (Wildman–Crippen LogP) is 9.30. The number of furan rings is 1. The quantitative estimate of drug-likeness (QED) is 0.166. The van der Waals surface area contributed by atoms with Crippen molar-refractivity contribution in [3.05, 3.63) is 119 Å². The molecule has 0 saturated carbocycles. The Hall–Kier alpha value is -4.66. The van der Waals surface area contributed by atoms with E-state index in [0.717, 1.165) is 6.20 Å². The van der Waals surface area contributed by atoms with Gasteiger partial charge in [0.1, 0.15) is 5.58 Å². The number of hydrogen-bond acceptors (Lipinski definition) is 6. The fourth-order valence-electron chi connectivity index (χ4n) is 4.25. The zero-order valence-corrected chi connectivity index (χ0v) is 25.0. The van der Waals surface area contributed by atoms with Gasteiger partial charge < -0.3 is 18.8 Å². The Labute approximate surface area is 287 Å². The summed E-state index contributed by atoms with van der Waals surface area (Å²) in [6.07, 6.45) is -2.48. The van der Waals surface area contributed by atoms with Crippen LogP contribution in [-0.4, -0.2) is 20.2 Å². The van der Waals surface area contributed by atoms with Gasteiger partial charge in [-0.3, -0.25) is 0 Å². The number of aromatic nitrogens is 4. The van der Waals surface area contributed by atoms with Crippen LogP contribution in [0.15, 0.2) is 88.0 Å². The number of aryl methyl sites for hydroxylation is 4. The molecule has 0 bridgehead atoms. The maximum absolute atomic E-state index is 12.8. The molecule has 0 aliphatic rings. The largest absolute Gasteiger partial charge is 0.501 e. The number of nitrogens with zero attached hydrogens (tertiary/aromatic N) is 4. The number of pyridine rings is 2. The van der Waals surface area contributed by atoms with E-state index in [9.17, 15) is 13.2 Å². The maximum Gasteiger partial charge on any atom is 0.470 e. The van der Waals surface area contributed by atoms with Gasteiger partial charge in [-0.15, -0.1) is 63.8 Å². The molecule has 0 amide bonds. The molecule has 229 valence electrons. The monoisotopic (exact) mass is 795 g/mol. The Morgan fingerprint density at radius 1 is 0.756 bits per heavy atom. The van der Waals surface area contributed by atoms with Crippen molar-refractivity contribution in [2.24, 2.45) is 0 Å². The van der Waals surface area contributed by atoms with Gasteiger partial charge >= 0.3 is 12.1 Å². The van der Waals surface area contributed by atoms with E-state index in [4.69, 9.17) is 25.3 Å². The van der Waals surface area contributed by atoms with E-state index in [1.54, 1.807) is 30.3 Å². The summed E-state index contributed by atoms with van der Waals surface area (Å²) >= 11 is 0. The van der Waals surface area contributed by atoms with Crippen LogP contribution in [-0.2, 0) is 26.3 Å². The van der Waals surface area contributed by atoms with Crippen molar-refractivity contribution in [3.8, 4) is 34.0 Å². The molecular formula is C35H25F3IrN4O2-2. The third kappa shape index (κ3) is 6.72. The predicted molar refractivity (Wildman–Crippen MR) is 162 cm³/mol. The van der Waals surface area contributed by atoms with Gasteiger partial charge in [0.25, 0.3) is 0 Å². The summed E-state index contributed by atoms with van der Waals surface area (Å²) in [5.74, 6) is -1.82. The number of alkyl halides is 3. The van der Waals surface area contributed by atoms with Crippen molar-refractivity contribution in [1.82, 2.24) is 20.2 Å². The molecular weight excluding hydrogens is 758 g/mol. The van der Waals surface area contributed by atoms with E-state index in [0.29, 0.717) is 22.0 Å². The first-order valence-electron chi connectivity index (χ1n) is 18.7. The van der Waals surface area contributed by atoms with Crippen LogP contribution in [0.4, 0.5) is 13.2 Å². The van der Waals surface area contributed by atoms with E-state index >= 15 is 0 Å². The molecule has 0 aliphatic heterocycles. The molecule has 7 aromatic rings. The van der Waals surface area contributed by atoms with Crippen LogP contribution in [0.5, 0.6) is 0 Å². The van der Waals surface area contributed by atoms with E-state index in [2.05, 4.69) is 32.3 Å². The maximum atomic E-state index is 12.8. The Kier molecular flexibility index (Phi) is 5.57. The molecule has 0 aliphatic carbocycles. The first-order valence-corrected chi connectivity index (χ1v) is 12.7. The van der Waals surface area contributed by atoms with Crippen LogP contribution in [0, 0.1) is 39.5 Å². The van der Waals surface area contributed by atoms with Gasteiger partial charge in [0.05, 0.1) is 5.58 Å². The summed E-state index contributed by atoms with van der Waals surface area (Å²) in [5, 5.41) is 7.67. The standard InChI is InChI=1S/C22H13F3N3O2.C13H12N.Ir/c1-11-8-17(26-10-12(11)2)16-5-3-4-15-14-7-6-13(9-18(14)29-19(15)16)20-27-28-21(30-20)22(23,24)25;1-10-3-6-12(7-4-10)13-8-5-11(2)9-14-13;/h3-4,6-10H,1-2H3;3-6,8-9H,1-2H3;/q2*-1;/i2*1D3,2D3;. The number of benzene rings is 3. The van der Waals surface area contributed by atoms with E-state index in [1.807, 2.05) is 0 Å². The SMILES string of the molecule is [2H]C([2H])([2H])c1c[c-]c(-c2ccc(C([2H])([2H])[2H])cn2)cc1.[2H]C([2H])([2H])c1cnc(-c2[c-]ccc3c2oc2cc(-c4nnc(C(F)(F)F)o4)ccc23)cc1C([2H])([2H])[2H].[Ir]. The molecule has 0 fully saturated rings. The molecule has 3 aromatic carbocycles. The summed E-state index contributed by atoms with van der Waals surface area (Å²) < 4.78 is 139. The minimum atomic E-state index is -4.78. The van der Waals surface area contributed by atoms with Gasteiger partial charge in [-0.2, -0.15) is 13.2 Å². The summed E-state index contributed by atoms with van der Waals surface area (Å²) in [6.45, 7) is -9.73. The minimum absolute atomic E-state index is 0. The van der Waals surface area contributed by atoms with Crippen LogP contribution < -0.4 is 0 Å². The summed E-state index contributed by atoms with van der Waals surface area (Å²) in [7, 11) is 0. The molecule has 0 atom stereocenters. The first kappa shape index (κ1) is 19.7. The molecule has 0 unspecified atom stereocenters. The Morgan fingerprint density at radius 2 is 1.58 bits per heavy atom. The molecule has 10 heteroatoms. The second-order valence-corrected chi connectivity index (χ2v) is 9.36. The zero-order chi connectivity index (χ0) is 41.0. The second kappa shape index (κ2) is 12.8. The van der Waals surface area contributed by atoms with Crippen molar-refractivity contribution < 1.29 is 58.6 Å². The third-order valence-corrected chi connectivity index (χ3v) is 6.36. The molecule has 45 heavy (non-hydrogen) atoms. The second-order valence-electron chi connectivity index (χ2n) is 9.36. The average molecular weight is 795 g/mol. The van der Waals surface area contributed by atoms with Crippen LogP contribution in [0.2, 0.25) is 0 Å².